The van der Waals surface area contributed by atoms with E-state index in [0.717, 1.165) is 22.0 Å². The molecule has 1 N–H and O–H groups in total. The predicted octanol–water partition coefficient (Wildman–Crippen LogP) is 3.63. The topological polar surface area (TPSA) is 70.1 Å². The number of likely N-dealkylation sites (N-methyl/N-ethyl adjacent to an activating group) is 2. The Morgan fingerprint density at radius 3 is 2.55 bits per heavy atom. The highest BCUT2D eigenvalue weighted by Gasteiger charge is 2.74. The summed E-state index contributed by atoms with van der Waals surface area (Å²) in [7, 11) is 3.18. The second-order valence-electron chi connectivity index (χ2n) is 8.88. The minimum Gasteiger partial charge on any atom is -0.468 e. The lowest BCUT2D eigenvalue weighted by Gasteiger charge is -2.45. The van der Waals surface area contributed by atoms with Gasteiger partial charge in [0, 0.05) is 24.3 Å². The number of likely N-dealkylation sites (tertiary alicyclic amines) is 1. The van der Waals surface area contributed by atoms with Gasteiger partial charge in [-0.05, 0) is 42.8 Å². The highest BCUT2D eigenvalue weighted by atomic mass is 16.5. The molecule has 1 spiro atoms. The molecule has 0 saturated carbocycles. The molecule has 0 aromatic heterocycles. The van der Waals surface area contributed by atoms with Gasteiger partial charge in [-0.25, -0.2) is 0 Å². The summed E-state index contributed by atoms with van der Waals surface area (Å²) in [5.74, 6) is -0.774. The number of carbonyl (C=O) groups is 2. The zero-order valence-electron chi connectivity index (χ0n) is 19.1. The number of methoxy groups -OCH3 is 1. The molecule has 0 radical (unpaired) electrons. The monoisotopic (exact) mass is 444 g/mol. The van der Waals surface area contributed by atoms with Crippen molar-refractivity contribution in [3.05, 3.63) is 77.9 Å². The number of aliphatic hydroxyl groups excluding tert-OH is 1. The van der Waals surface area contributed by atoms with Crippen LogP contribution in [0, 0.1) is 5.41 Å². The van der Waals surface area contributed by atoms with Gasteiger partial charge in [0.2, 0.25) is 0 Å². The summed E-state index contributed by atoms with van der Waals surface area (Å²) >= 11 is 0. The number of carbonyl (C=O) groups excluding carboxylic acids is 2. The van der Waals surface area contributed by atoms with E-state index in [1.165, 1.54) is 7.11 Å². The Labute approximate surface area is 193 Å². The zero-order valence-corrected chi connectivity index (χ0v) is 19.1. The highest BCUT2D eigenvalue weighted by Crippen LogP contribution is 2.63. The summed E-state index contributed by atoms with van der Waals surface area (Å²) in [5, 5.41) is 13.9. The quantitative estimate of drug-likeness (QED) is 0.623. The molecule has 6 nitrogen and oxygen atoms in total. The van der Waals surface area contributed by atoms with E-state index < -0.39 is 23.0 Å². The van der Waals surface area contributed by atoms with Crippen LogP contribution in [0.5, 0.6) is 0 Å². The van der Waals surface area contributed by atoms with E-state index in [2.05, 4.69) is 0 Å². The van der Waals surface area contributed by atoms with E-state index in [-0.39, 0.29) is 12.3 Å². The maximum absolute atomic E-state index is 14.2. The first kappa shape index (κ1) is 21.6. The van der Waals surface area contributed by atoms with Crippen molar-refractivity contribution in [1.29, 1.82) is 0 Å². The standard InChI is InChI=1S/C27H28N2O4/c1-4-29-22-15-8-7-14-21(22)27(24(29)31)26(25(32)33-3,16-17-28(27)2)23(30)20-13-9-11-18-10-5-6-12-19(18)20/h5-15,23,30H,4,16-17H2,1-3H3/t23-,26+,27-/m0/s1. The summed E-state index contributed by atoms with van der Waals surface area (Å²) in [6.45, 7) is 2.85. The fourth-order valence-electron chi connectivity index (χ4n) is 6.21. The number of ether oxygens (including phenoxy) is 1. The predicted molar refractivity (Wildman–Crippen MR) is 127 cm³/mol. The Bertz CT molecular complexity index is 1250. The molecular formula is C27H28N2O4. The van der Waals surface area contributed by atoms with Crippen molar-refractivity contribution in [2.24, 2.45) is 5.41 Å². The van der Waals surface area contributed by atoms with Crippen molar-refractivity contribution in [3.8, 4) is 0 Å². The molecule has 0 aliphatic carbocycles. The van der Waals surface area contributed by atoms with Crippen LogP contribution in [0.4, 0.5) is 5.69 Å². The SMILES string of the molecule is CCN1C(=O)[C@]2(c3ccccc31)N(C)CC[C@]2(C(=O)OC)[C@@H](O)c1cccc2ccccc12. The van der Waals surface area contributed by atoms with Crippen LogP contribution in [0.25, 0.3) is 10.8 Å². The minimum atomic E-state index is -1.52. The summed E-state index contributed by atoms with van der Waals surface area (Å²) in [6, 6.07) is 21.0. The number of benzene rings is 3. The fraction of sp³-hybridized carbons (Fsp3) is 0.333. The van der Waals surface area contributed by atoms with Crippen molar-refractivity contribution in [2.45, 2.75) is 25.0 Å². The van der Waals surface area contributed by atoms with Gasteiger partial charge in [-0.3, -0.25) is 14.5 Å². The largest absolute Gasteiger partial charge is 0.468 e. The zero-order chi connectivity index (χ0) is 23.4. The number of para-hydroxylation sites is 1. The van der Waals surface area contributed by atoms with Crippen LogP contribution < -0.4 is 4.90 Å². The Morgan fingerprint density at radius 1 is 1.09 bits per heavy atom. The molecule has 2 aliphatic rings. The molecular weight excluding hydrogens is 416 g/mol. The van der Waals surface area contributed by atoms with Crippen LogP contribution in [0.15, 0.2) is 66.7 Å². The third-order valence-electron chi connectivity index (χ3n) is 7.65. The Kier molecular flexibility index (Phi) is 5.03. The van der Waals surface area contributed by atoms with Crippen LogP contribution in [0.2, 0.25) is 0 Å². The lowest BCUT2D eigenvalue weighted by Crippen LogP contribution is -2.61. The first-order chi connectivity index (χ1) is 15.9. The molecule has 3 atom stereocenters. The van der Waals surface area contributed by atoms with E-state index in [0.29, 0.717) is 18.7 Å². The molecule has 0 unspecified atom stereocenters. The summed E-state index contributed by atoms with van der Waals surface area (Å²) in [5.41, 5.74) is -0.757. The number of hydrogen-bond donors (Lipinski definition) is 1. The van der Waals surface area contributed by atoms with E-state index in [1.807, 2.05) is 85.6 Å². The Balaban J connectivity index is 1.84. The molecule has 2 aliphatic heterocycles. The van der Waals surface area contributed by atoms with Gasteiger partial charge < -0.3 is 14.7 Å². The van der Waals surface area contributed by atoms with Gasteiger partial charge in [0.05, 0.1) is 13.2 Å². The highest BCUT2D eigenvalue weighted by molar-refractivity contribution is 6.11. The van der Waals surface area contributed by atoms with Gasteiger partial charge >= 0.3 is 5.97 Å². The molecule has 1 saturated heterocycles. The van der Waals surface area contributed by atoms with Crippen LogP contribution in [0.1, 0.15) is 30.6 Å². The van der Waals surface area contributed by atoms with Crippen LogP contribution in [-0.2, 0) is 19.9 Å². The summed E-state index contributed by atoms with van der Waals surface area (Å²) in [4.78, 5) is 31.6. The first-order valence-corrected chi connectivity index (χ1v) is 11.3. The Morgan fingerprint density at radius 2 is 1.79 bits per heavy atom. The van der Waals surface area contributed by atoms with Crippen molar-refractivity contribution in [1.82, 2.24) is 4.90 Å². The molecule has 2 heterocycles. The Hall–Kier alpha value is -3.22. The fourth-order valence-corrected chi connectivity index (χ4v) is 6.21. The van der Waals surface area contributed by atoms with Gasteiger partial charge in [-0.1, -0.05) is 60.7 Å². The number of hydrogen-bond acceptors (Lipinski definition) is 5. The van der Waals surface area contributed by atoms with E-state index in [1.54, 1.807) is 4.90 Å². The minimum absolute atomic E-state index is 0.198. The van der Waals surface area contributed by atoms with Crippen molar-refractivity contribution in [2.75, 3.05) is 32.1 Å². The molecule has 0 bridgehead atoms. The maximum Gasteiger partial charge on any atom is 0.317 e. The average molecular weight is 445 g/mol. The smallest absolute Gasteiger partial charge is 0.317 e. The number of fused-ring (bicyclic) bond motifs is 3. The third-order valence-corrected chi connectivity index (χ3v) is 7.65. The maximum atomic E-state index is 14.2. The molecule has 1 amide bonds. The number of anilines is 1. The lowest BCUT2D eigenvalue weighted by molar-refractivity contribution is -0.175. The molecule has 5 rings (SSSR count). The second kappa shape index (κ2) is 7.68. The molecule has 33 heavy (non-hydrogen) atoms. The third kappa shape index (κ3) is 2.56. The van der Waals surface area contributed by atoms with Gasteiger partial charge in [-0.2, -0.15) is 0 Å². The average Bonchev–Trinajstić information content (AvgIpc) is 3.31. The molecule has 3 aromatic carbocycles. The van der Waals surface area contributed by atoms with Gasteiger partial charge in [0.15, 0.2) is 0 Å². The van der Waals surface area contributed by atoms with Gasteiger partial charge in [0.1, 0.15) is 11.0 Å². The van der Waals surface area contributed by atoms with Crippen LogP contribution in [-0.4, -0.2) is 49.1 Å². The lowest BCUT2D eigenvalue weighted by atomic mass is 9.61. The molecule has 1 fully saturated rings. The summed E-state index contributed by atoms with van der Waals surface area (Å²) < 4.78 is 5.36. The normalized spacial score (nSPS) is 25.6. The molecule has 170 valence electrons. The molecule has 3 aromatic rings. The summed E-state index contributed by atoms with van der Waals surface area (Å²) in [6.07, 6.45) is -0.965. The van der Waals surface area contributed by atoms with E-state index >= 15 is 0 Å². The van der Waals surface area contributed by atoms with Crippen molar-refractivity contribution >= 4 is 28.3 Å². The number of nitrogens with zero attached hydrogens (tertiary/aromatic N) is 2. The number of amides is 1. The molecule has 6 heteroatoms. The van der Waals surface area contributed by atoms with Gasteiger partial charge in [-0.15, -0.1) is 0 Å². The van der Waals surface area contributed by atoms with Crippen molar-refractivity contribution in [3.63, 3.8) is 0 Å². The van der Waals surface area contributed by atoms with E-state index in [9.17, 15) is 14.7 Å². The number of aliphatic hydroxyl groups is 1. The van der Waals surface area contributed by atoms with E-state index in [4.69, 9.17) is 4.74 Å². The van der Waals surface area contributed by atoms with Crippen LogP contribution in [0.3, 0.4) is 0 Å². The number of rotatable bonds is 4. The van der Waals surface area contributed by atoms with Crippen molar-refractivity contribution < 1.29 is 19.4 Å². The van der Waals surface area contributed by atoms with Gasteiger partial charge in [0.25, 0.3) is 5.91 Å². The first-order valence-electron chi connectivity index (χ1n) is 11.3. The van der Waals surface area contributed by atoms with Crippen LogP contribution >= 0.6 is 0 Å². The second-order valence-corrected chi connectivity index (χ2v) is 8.88. The number of esters is 1.